The van der Waals surface area contributed by atoms with Crippen molar-refractivity contribution >= 4 is 56.2 Å². The molecule has 0 spiro atoms. The van der Waals surface area contributed by atoms with Crippen LogP contribution in [0.1, 0.15) is 0 Å². The Morgan fingerprint density at radius 1 is 0.909 bits per heavy atom. The highest BCUT2D eigenvalue weighted by Gasteiger charge is 2.03. The van der Waals surface area contributed by atoms with Gasteiger partial charge in [0.1, 0.15) is 8.98 Å². The molecule has 0 aliphatic carbocycles. The second kappa shape index (κ2) is 4.58. The molecule has 0 aliphatic rings. The predicted octanol–water partition coefficient (Wildman–Crippen LogP) is 2.95. The van der Waals surface area contributed by atoms with Gasteiger partial charge in [-0.05, 0) is 0 Å². The predicted molar refractivity (Wildman–Crippen MR) is 48.5 cm³/mol. The first kappa shape index (κ1) is 11.6. The Kier molecular flexibility index (Phi) is 4.82. The van der Waals surface area contributed by atoms with E-state index in [1.54, 1.807) is 0 Å². The standard InChI is InChI=1S/C4H2Cl4O2S/c5-3(6)1-11(9,10)2-4(7)8/h1-2H. The van der Waals surface area contributed by atoms with Crippen molar-refractivity contribution in [1.82, 2.24) is 0 Å². The molecule has 0 rings (SSSR count). The fourth-order valence-corrected chi connectivity index (χ4v) is 2.34. The average molecular weight is 256 g/mol. The summed E-state index contributed by atoms with van der Waals surface area (Å²) >= 11 is 20.3. The van der Waals surface area contributed by atoms with E-state index in [1.807, 2.05) is 0 Å². The van der Waals surface area contributed by atoms with Crippen molar-refractivity contribution in [2.24, 2.45) is 0 Å². The second-order valence-corrected chi connectivity index (χ2v) is 5.07. The van der Waals surface area contributed by atoms with Crippen LogP contribution in [0.4, 0.5) is 0 Å². The van der Waals surface area contributed by atoms with Crippen molar-refractivity contribution in [3.05, 3.63) is 19.8 Å². The Morgan fingerprint density at radius 3 is 1.36 bits per heavy atom. The van der Waals surface area contributed by atoms with Crippen molar-refractivity contribution in [1.29, 1.82) is 0 Å². The quantitative estimate of drug-likeness (QED) is 0.761. The lowest BCUT2D eigenvalue weighted by Crippen LogP contribution is -1.87. The lowest BCUT2D eigenvalue weighted by atomic mass is 11.2. The Hall–Kier alpha value is 0.590. The van der Waals surface area contributed by atoms with E-state index in [0.717, 1.165) is 0 Å². The van der Waals surface area contributed by atoms with Gasteiger partial charge >= 0.3 is 0 Å². The van der Waals surface area contributed by atoms with Gasteiger partial charge in [0.05, 0.1) is 10.8 Å². The summed E-state index contributed by atoms with van der Waals surface area (Å²) in [5.41, 5.74) is 0. The minimum Gasteiger partial charge on any atom is -0.220 e. The summed E-state index contributed by atoms with van der Waals surface area (Å²) in [6.45, 7) is 0. The van der Waals surface area contributed by atoms with E-state index in [0.29, 0.717) is 10.8 Å². The van der Waals surface area contributed by atoms with E-state index < -0.39 is 9.84 Å². The number of sulfone groups is 1. The Labute approximate surface area is 84.3 Å². The molecule has 0 radical (unpaired) electrons. The zero-order chi connectivity index (χ0) is 9.07. The highest BCUT2D eigenvalue weighted by molar-refractivity contribution is 7.97. The van der Waals surface area contributed by atoms with Gasteiger partial charge in [-0.1, -0.05) is 46.4 Å². The Bertz CT molecular complexity index is 257. The van der Waals surface area contributed by atoms with Crippen LogP contribution in [0.25, 0.3) is 0 Å². The van der Waals surface area contributed by atoms with Gasteiger partial charge in [-0.3, -0.25) is 0 Å². The molecule has 64 valence electrons. The first-order valence-corrected chi connectivity index (χ1v) is 5.26. The highest BCUT2D eigenvalue weighted by Crippen LogP contribution is 2.14. The molecule has 0 aliphatic heterocycles. The third-order valence-electron chi connectivity index (χ3n) is 0.507. The molecule has 2 nitrogen and oxygen atoms in total. The van der Waals surface area contributed by atoms with Gasteiger partial charge in [-0.25, -0.2) is 8.42 Å². The van der Waals surface area contributed by atoms with E-state index >= 15 is 0 Å². The lowest BCUT2D eigenvalue weighted by molar-refractivity contribution is 0.612. The monoisotopic (exact) mass is 254 g/mol. The maximum Gasteiger partial charge on any atom is 0.197 e. The molecule has 0 heterocycles. The van der Waals surface area contributed by atoms with Gasteiger partial charge in [-0.15, -0.1) is 0 Å². The van der Waals surface area contributed by atoms with Crippen molar-refractivity contribution in [3.8, 4) is 0 Å². The van der Waals surface area contributed by atoms with E-state index in [1.165, 1.54) is 0 Å². The fraction of sp³-hybridized carbons (Fsp3) is 0. The van der Waals surface area contributed by atoms with Crippen molar-refractivity contribution in [2.45, 2.75) is 0 Å². The van der Waals surface area contributed by atoms with Crippen molar-refractivity contribution < 1.29 is 8.42 Å². The summed E-state index contributed by atoms with van der Waals surface area (Å²) in [6, 6.07) is 0. The molecule has 0 unspecified atom stereocenters. The first-order valence-electron chi connectivity index (χ1n) is 2.14. The molecule has 0 fully saturated rings. The van der Waals surface area contributed by atoms with E-state index in [2.05, 4.69) is 0 Å². The summed E-state index contributed by atoms with van der Waals surface area (Å²) in [7, 11) is -3.63. The van der Waals surface area contributed by atoms with Crippen LogP contribution in [-0.4, -0.2) is 8.42 Å². The zero-order valence-corrected chi connectivity index (χ0v) is 8.73. The molecular formula is C4H2Cl4O2S. The summed E-state index contributed by atoms with van der Waals surface area (Å²) < 4.78 is 20.8. The molecule has 0 saturated heterocycles. The van der Waals surface area contributed by atoms with E-state index in [-0.39, 0.29) is 8.98 Å². The summed E-state index contributed by atoms with van der Waals surface area (Å²) in [6.07, 6.45) is 0. The maximum absolute atomic E-state index is 10.8. The normalized spacial score (nSPS) is 10.5. The number of hydrogen-bond acceptors (Lipinski definition) is 2. The third kappa shape index (κ3) is 6.97. The molecule has 11 heavy (non-hydrogen) atoms. The molecular weight excluding hydrogens is 254 g/mol. The van der Waals surface area contributed by atoms with Crippen LogP contribution < -0.4 is 0 Å². The molecule has 0 amide bonds. The largest absolute Gasteiger partial charge is 0.220 e. The maximum atomic E-state index is 10.8. The number of halogens is 4. The smallest absolute Gasteiger partial charge is 0.197 e. The molecule has 0 saturated carbocycles. The molecule has 0 aromatic heterocycles. The molecule has 0 aromatic carbocycles. The van der Waals surface area contributed by atoms with Gasteiger partial charge in [0.2, 0.25) is 0 Å². The molecule has 0 N–H and O–H groups in total. The van der Waals surface area contributed by atoms with Crippen LogP contribution in [-0.2, 0) is 9.84 Å². The summed E-state index contributed by atoms with van der Waals surface area (Å²) in [5, 5.41) is 1.25. The summed E-state index contributed by atoms with van der Waals surface area (Å²) in [4.78, 5) is 0. The third-order valence-corrected chi connectivity index (χ3v) is 2.59. The van der Waals surface area contributed by atoms with Crippen LogP contribution in [0.5, 0.6) is 0 Å². The lowest BCUT2D eigenvalue weighted by Gasteiger charge is -1.87. The minimum atomic E-state index is -3.63. The number of rotatable bonds is 2. The molecule has 0 atom stereocenters. The fourth-order valence-electron chi connectivity index (χ4n) is 0.282. The van der Waals surface area contributed by atoms with Gasteiger partial charge in [0, 0.05) is 0 Å². The van der Waals surface area contributed by atoms with Crippen LogP contribution >= 0.6 is 46.4 Å². The van der Waals surface area contributed by atoms with Gasteiger partial charge in [-0.2, -0.15) is 0 Å². The van der Waals surface area contributed by atoms with Crippen LogP contribution in [0, 0.1) is 0 Å². The number of hydrogen-bond donors (Lipinski definition) is 0. The SMILES string of the molecule is O=S(=O)(C=C(Cl)Cl)C=C(Cl)Cl. The van der Waals surface area contributed by atoms with E-state index in [4.69, 9.17) is 46.4 Å². The van der Waals surface area contributed by atoms with Gasteiger partial charge < -0.3 is 0 Å². The van der Waals surface area contributed by atoms with Crippen molar-refractivity contribution in [3.63, 3.8) is 0 Å². The van der Waals surface area contributed by atoms with E-state index in [9.17, 15) is 8.42 Å². The van der Waals surface area contributed by atoms with Crippen LogP contribution in [0.3, 0.4) is 0 Å². The molecule has 0 aromatic rings. The molecule has 0 bridgehead atoms. The van der Waals surface area contributed by atoms with Crippen LogP contribution in [0.2, 0.25) is 0 Å². The highest BCUT2D eigenvalue weighted by atomic mass is 35.5. The Morgan fingerprint density at radius 2 is 1.18 bits per heavy atom. The minimum absolute atomic E-state index is 0.379. The topological polar surface area (TPSA) is 34.1 Å². The summed E-state index contributed by atoms with van der Waals surface area (Å²) in [5.74, 6) is 0. The zero-order valence-electron chi connectivity index (χ0n) is 4.89. The Balaban J connectivity index is 4.80. The van der Waals surface area contributed by atoms with Crippen molar-refractivity contribution in [2.75, 3.05) is 0 Å². The average Bonchev–Trinajstić information content (AvgIpc) is 1.53. The first-order chi connectivity index (χ1) is 4.83. The van der Waals surface area contributed by atoms with Gasteiger partial charge in [0.25, 0.3) is 0 Å². The second-order valence-electron chi connectivity index (χ2n) is 1.40. The van der Waals surface area contributed by atoms with Crippen LogP contribution in [0.15, 0.2) is 19.8 Å². The molecule has 7 heteroatoms. The van der Waals surface area contributed by atoms with Gasteiger partial charge in [0.15, 0.2) is 9.84 Å².